The third-order valence-electron chi connectivity index (χ3n) is 4.02. The fraction of sp³-hybridized carbons (Fsp3) is 0.562. The van der Waals surface area contributed by atoms with Gasteiger partial charge in [-0.2, -0.15) is 0 Å². The normalized spacial score (nSPS) is 18.6. The molecule has 21 heavy (non-hydrogen) atoms. The van der Waals surface area contributed by atoms with E-state index < -0.39 is 11.9 Å². The summed E-state index contributed by atoms with van der Waals surface area (Å²) in [6.07, 6.45) is 0.301. The molecule has 0 atom stereocenters. The first-order valence-corrected chi connectivity index (χ1v) is 7.25. The molecule has 1 aromatic rings. The minimum absolute atomic E-state index is 0.114. The van der Waals surface area contributed by atoms with Gasteiger partial charge in [0, 0.05) is 19.4 Å². The fourth-order valence-corrected chi connectivity index (χ4v) is 2.90. The van der Waals surface area contributed by atoms with Gasteiger partial charge in [-0.1, -0.05) is 18.2 Å². The molecule has 1 aliphatic carbocycles. The van der Waals surface area contributed by atoms with Crippen molar-refractivity contribution >= 4 is 5.97 Å². The van der Waals surface area contributed by atoms with Crippen molar-refractivity contribution in [2.45, 2.75) is 51.1 Å². The summed E-state index contributed by atoms with van der Waals surface area (Å²) in [6, 6.07) is 5.25. The summed E-state index contributed by atoms with van der Waals surface area (Å²) in [4.78, 5) is 11.6. The van der Waals surface area contributed by atoms with Gasteiger partial charge in [0.15, 0.2) is 0 Å². The zero-order valence-electron chi connectivity index (χ0n) is 12.1. The van der Waals surface area contributed by atoms with Crippen LogP contribution in [0.1, 0.15) is 60.0 Å². The van der Waals surface area contributed by atoms with E-state index in [-0.39, 0.29) is 30.9 Å². The molecule has 0 bridgehead atoms. The molecule has 0 saturated heterocycles. The van der Waals surface area contributed by atoms with Crippen molar-refractivity contribution in [3.05, 3.63) is 34.9 Å². The van der Waals surface area contributed by atoms with Gasteiger partial charge in [0.1, 0.15) is 0 Å². The SMILES string of the molecule is CCOCc1cccc(C2CCC(F)(F)CC2)c1C(=O)O. The van der Waals surface area contributed by atoms with Crippen LogP contribution in [0.5, 0.6) is 0 Å². The average Bonchev–Trinajstić information content (AvgIpc) is 2.44. The number of carboxylic acid groups (broad SMARTS) is 1. The molecule has 1 aliphatic rings. The van der Waals surface area contributed by atoms with Gasteiger partial charge in [-0.3, -0.25) is 0 Å². The van der Waals surface area contributed by atoms with Crippen molar-refractivity contribution in [1.82, 2.24) is 0 Å². The third-order valence-corrected chi connectivity index (χ3v) is 4.02. The van der Waals surface area contributed by atoms with E-state index in [0.717, 1.165) is 0 Å². The van der Waals surface area contributed by atoms with Gasteiger partial charge in [0.05, 0.1) is 12.2 Å². The molecule has 0 radical (unpaired) electrons. The lowest BCUT2D eigenvalue weighted by Gasteiger charge is -2.29. The van der Waals surface area contributed by atoms with E-state index >= 15 is 0 Å². The van der Waals surface area contributed by atoms with Crippen LogP contribution in [-0.2, 0) is 11.3 Å². The Morgan fingerprint density at radius 1 is 1.38 bits per heavy atom. The fourth-order valence-electron chi connectivity index (χ4n) is 2.90. The Balaban J connectivity index is 2.28. The topological polar surface area (TPSA) is 46.5 Å². The zero-order valence-corrected chi connectivity index (χ0v) is 12.1. The highest BCUT2D eigenvalue weighted by molar-refractivity contribution is 5.91. The highest BCUT2D eigenvalue weighted by Gasteiger charge is 2.36. The molecule has 1 aromatic carbocycles. The molecule has 2 rings (SSSR count). The summed E-state index contributed by atoms with van der Waals surface area (Å²) in [5, 5.41) is 9.48. The molecular formula is C16H20F2O3. The second-order valence-corrected chi connectivity index (χ2v) is 5.45. The first kappa shape index (κ1) is 15.9. The van der Waals surface area contributed by atoms with Crippen molar-refractivity contribution in [3.63, 3.8) is 0 Å². The maximum absolute atomic E-state index is 13.3. The molecule has 0 aromatic heterocycles. The molecule has 1 saturated carbocycles. The van der Waals surface area contributed by atoms with Gasteiger partial charge in [0.25, 0.3) is 0 Å². The maximum Gasteiger partial charge on any atom is 0.336 e. The van der Waals surface area contributed by atoms with Crippen molar-refractivity contribution in [3.8, 4) is 0 Å². The van der Waals surface area contributed by atoms with E-state index in [4.69, 9.17) is 4.74 Å². The minimum Gasteiger partial charge on any atom is -0.478 e. The van der Waals surface area contributed by atoms with Crippen LogP contribution in [0.15, 0.2) is 18.2 Å². The summed E-state index contributed by atoms with van der Waals surface area (Å²) in [5.74, 6) is -3.74. The van der Waals surface area contributed by atoms with Crippen LogP contribution in [0.3, 0.4) is 0 Å². The predicted octanol–water partition coefficient (Wildman–Crippen LogP) is 4.21. The Hall–Kier alpha value is -1.49. The lowest BCUT2D eigenvalue weighted by Crippen LogP contribution is -2.24. The van der Waals surface area contributed by atoms with E-state index in [9.17, 15) is 18.7 Å². The van der Waals surface area contributed by atoms with Crippen LogP contribution in [0.2, 0.25) is 0 Å². The van der Waals surface area contributed by atoms with Crippen LogP contribution >= 0.6 is 0 Å². The molecule has 1 fully saturated rings. The van der Waals surface area contributed by atoms with Crippen LogP contribution < -0.4 is 0 Å². The van der Waals surface area contributed by atoms with E-state index in [1.807, 2.05) is 6.92 Å². The van der Waals surface area contributed by atoms with Gasteiger partial charge in [-0.15, -0.1) is 0 Å². The summed E-state index contributed by atoms with van der Waals surface area (Å²) in [6.45, 7) is 2.57. The van der Waals surface area contributed by atoms with Gasteiger partial charge in [-0.05, 0) is 36.8 Å². The maximum atomic E-state index is 13.3. The summed E-state index contributed by atoms with van der Waals surface area (Å²) >= 11 is 0. The Morgan fingerprint density at radius 2 is 2.05 bits per heavy atom. The summed E-state index contributed by atoms with van der Waals surface area (Å²) in [5.41, 5.74) is 1.50. The molecule has 0 unspecified atom stereocenters. The molecule has 5 heteroatoms. The molecule has 0 amide bonds. The minimum atomic E-state index is -2.61. The second-order valence-electron chi connectivity index (χ2n) is 5.45. The summed E-state index contributed by atoms with van der Waals surface area (Å²) in [7, 11) is 0. The number of carboxylic acids is 1. The first-order chi connectivity index (χ1) is 9.94. The standard InChI is InChI=1S/C16H20F2O3/c1-2-21-10-12-4-3-5-13(14(12)15(19)20)11-6-8-16(17,18)9-7-11/h3-5,11H,2,6-10H2,1H3,(H,19,20). The van der Waals surface area contributed by atoms with Gasteiger partial charge in [-0.25, -0.2) is 13.6 Å². The van der Waals surface area contributed by atoms with Crippen molar-refractivity contribution < 1.29 is 23.4 Å². The number of halogens is 2. The zero-order chi connectivity index (χ0) is 15.5. The lowest BCUT2D eigenvalue weighted by molar-refractivity contribution is -0.0382. The van der Waals surface area contributed by atoms with E-state index in [0.29, 0.717) is 30.6 Å². The average molecular weight is 298 g/mol. The molecule has 116 valence electrons. The highest BCUT2D eigenvalue weighted by Crippen LogP contribution is 2.42. The smallest absolute Gasteiger partial charge is 0.336 e. The second kappa shape index (κ2) is 6.52. The van der Waals surface area contributed by atoms with Crippen LogP contribution in [0, 0.1) is 0 Å². The Kier molecular flexibility index (Phi) is 4.93. The number of benzene rings is 1. The number of hydrogen-bond acceptors (Lipinski definition) is 2. The van der Waals surface area contributed by atoms with Crippen molar-refractivity contribution in [2.75, 3.05) is 6.61 Å². The van der Waals surface area contributed by atoms with E-state index in [1.54, 1.807) is 18.2 Å². The molecule has 1 N–H and O–H groups in total. The van der Waals surface area contributed by atoms with Crippen LogP contribution in [-0.4, -0.2) is 23.6 Å². The number of aromatic carboxylic acids is 1. The highest BCUT2D eigenvalue weighted by atomic mass is 19.3. The Bertz CT molecular complexity index is 504. The van der Waals surface area contributed by atoms with Crippen molar-refractivity contribution in [2.24, 2.45) is 0 Å². The predicted molar refractivity (Wildman–Crippen MR) is 74.9 cm³/mol. The monoisotopic (exact) mass is 298 g/mol. The van der Waals surface area contributed by atoms with Crippen LogP contribution in [0.25, 0.3) is 0 Å². The number of alkyl halides is 2. The molecule has 3 nitrogen and oxygen atoms in total. The molecule has 0 aliphatic heterocycles. The lowest BCUT2D eigenvalue weighted by atomic mass is 9.79. The number of carbonyl (C=O) groups is 1. The summed E-state index contributed by atoms with van der Waals surface area (Å²) < 4.78 is 31.8. The number of ether oxygens (including phenoxy) is 1. The number of rotatable bonds is 5. The van der Waals surface area contributed by atoms with Crippen LogP contribution in [0.4, 0.5) is 8.78 Å². The molecular weight excluding hydrogens is 278 g/mol. The van der Waals surface area contributed by atoms with Crippen molar-refractivity contribution in [1.29, 1.82) is 0 Å². The molecule has 0 heterocycles. The number of hydrogen-bond donors (Lipinski definition) is 1. The quantitative estimate of drug-likeness (QED) is 0.885. The van der Waals surface area contributed by atoms with Gasteiger partial charge < -0.3 is 9.84 Å². The Labute approximate surface area is 122 Å². The molecule has 0 spiro atoms. The largest absolute Gasteiger partial charge is 0.478 e. The first-order valence-electron chi connectivity index (χ1n) is 7.25. The van der Waals surface area contributed by atoms with E-state index in [2.05, 4.69) is 0 Å². The Morgan fingerprint density at radius 3 is 2.62 bits per heavy atom. The van der Waals surface area contributed by atoms with Gasteiger partial charge in [0.2, 0.25) is 5.92 Å². The van der Waals surface area contributed by atoms with E-state index in [1.165, 1.54) is 0 Å². The third kappa shape index (κ3) is 3.79. The van der Waals surface area contributed by atoms with Gasteiger partial charge >= 0.3 is 5.97 Å².